The fourth-order valence-corrected chi connectivity index (χ4v) is 3.23. The number of amides is 1. The number of nitrogens with two attached hydrogens (primary N) is 1. The summed E-state index contributed by atoms with van der Waals surface area (Å²) in [5.41, 5.74) is 6.40. The summed E-state index contributed by atoms with van der Waals surface area (Å²) in [5.74, 6) is 0.0643. The molecule has 0 aromatic carbocycles. The maximum atomic E-state index is 12.1. The van der Waals surface area contributed by atoms with Gasteiger partial charge in [-0.05, 0) is 33.3 Å². The Hall–Kier alpha value is -1.01. The van der Waals surface area contributed by atoms with Gasteiger partial charge in [-0.25, -0.2) is 4.79 Å². The van der Waals surface area contributed by atoms with Crippen LogP contribution < -0.4 is 5.73 Å². The summed E-state index contributed by atoms with van der Waals surface area (Å²) in [7, 11) is 0. The van der Waals surface area contributed by atoms with Crippen LogP contribution in [0.25, 0.3) is 0 Å². The molecule has 100 valence electrons. The third kappa shape index (κ3) is 2.14. The molecule has 0 radical (unpaired) electrons. The van der Waals surface area contributed by atoms with E-state index in [0.29, 0.717) is 11.4 Å². The molecule has 2 atom stereocenters. The van der Waals surface area contributed by atoms with Gasteiger partial charge in [-0.15, -0.1) is 11.8 Å². The molecule has 2 N–H and O–H groups in total. The molecule has 0 saturated carbocycles. The second-order valence-electron chi connectivity index (χ2n) is 5.57. The third-order valence-electron chi connectivity index (χ3n) is 2.79. The lowest BCUT2D eigenvalue weighted by Gasteiger charge is -2.48. The molecule has 2 aliphatic rings. The number of nitrogens with zero attached hydrogens (tertiary/aromatic N) is 1. The smallest absolute Gasteiger partial charge is 0.355 e. The van der Waals surface area contributed by atoms with Crippen LogP contribution in [0.1, 0.15) is 27.7 Å². The normalized spacial score (nSPS) is 27.8. The van der Waals surface area contributed by atoms with Gasteiger partial charge < -0.3 is 10.5 Å². The lowest BCUT2D eigenvalue weighted by Crippen LogP contribution is -2.68. The van der Waals surface area contributed by atoms with Crippen LogP contribution in [0.5, 0.6) is 0 Å². The lowest BCUT2D eigenvalue weighted by atomic mass is 10.0. The van der Waals surface area contributed by atoms with E-state index in [2.05, 4.69) is 0 Å². The van der Waals surface area contributed by atoms with Gasteiger partial charge in [0.25, 0.3) is 0 Å². The van der Waals surface area contributed by atoms with Gasteiger partial charge in [0.05, 0.1) is 0 Å². The second-order valence-corrected chi connectivity index (χ2v) is 6.67. The Morgan fingerprint density at radius 2 is 2.11 bits per heavy atom. The van der Waals surface area contributed by atoms with Gasteiger partial charge in [-0.3, -0.25) is 9.69 Å². The van der Waals surface area contributed by atoms with E-state index < -0.39 is 17.6 Å². The summed E-state index contributed by atoms with van der Waals surface area (Å²) in [5, 5.41) is -0.122. The topological polar surface area (TPSA) is 72.6 Å². The highest BCUT2D eigenvalue weighted by molar-refractivity contribution is 8.00. The number of esters is 1. The van der Waals surface area contributed by atoms with Gasteiger partial charge in [0.1, 0.15) is 22.7 Å². The number of thioether (sulfide) groups is 1. The molecule has 0 aromatic rings. The molecule has 6 heteroatoms. The third-order valence-corrected chi connectivity index (χ3v) is 4.24. The van der Waals surface area contributed by atoms with Crippen molar-refractivity contribution in [1.82, 2.24) is 4.90 Å². The minimum Gasteiger partial charge on any atom is -0.455 e. The van der Waals surface area contributed by atoms with E-state index in [-0.39, 0.29) is 11.3 Å². The van der Waals surface area contributed by atoms with Crippen LogP contribution in [0.3, 0.4) is 0 Å². The molecule has 1 fully saturated rings. The Morgan fingerprint density at radius 1 is 1.50 bits per heavy atom. The number of β-lactam (4-membered cyclic amide) rings is 1. The zero-order chi connectivity index (χ0) is 13.7. The number of ether oxygens (including phenoxy) is 1. The number of carbonyl (C=O) groups is 2. The Morgan fingerprint density at radius 3 is 2.67 bits per heavy atom. The maximum Gasteiger partial charge on any atom is 0.355 e. The SMILES string of the molecule is CC1=C(C(=O)OC(C)(C)C)N2C(=O)[C@@H](N)[C@H]2SC1. The zero-order valence-corrected chi connectivity index (χ0v) is 11.8. The standard InChI is InChI=1S/C12H18N2O3S/c1-6-5-18-10-7(13)9(15)14(10)8(6)11(16)17-12(2,3)4/h7,10H,5,13H2,1-4H3/t7-,10-/m1/s1. The number of hydrogen-bond donors (Lipinski definition) is 1. The molecule has 2 aliphatic heterocycles. The molecule has 1 amide bonds. The summed E-state index contributed by atoms with van der Waals surface area (Å²) in [4.78, 5) is 25.4. The summed E-state index contributed by atoms with van der Waals surface area (Å²) in [6.07, 6.45) is 0. The summed E-state index contributed by atoms with van der Waals surface area (Å²) in [6, 6.07) is -0.500. The zero-order valence-electron chi connectivity index (χ0n) is 11.0. The molecule has 0 aliphatic carbocycles. The summed E-state index contributed by atoms with van der Waals surface area (Å²) >= 11 is 1.59. The Kier molecular flexibility index (Phi) is 3.19. The fraction of sp³-hybridized carbons (Fsp3) is 0.667. The second kappa shape index (κ2) is 4.28. The van der Waals surface area contributed by atoms with Gasteiger partial charge in [0.2, 0.25) is 5.91 Å². The molecule has 0 spiro atoms. The molecule has 1 saturated heterocycles. The first-order chi connectivity index (χ1) is 8.22. The average Bonchev–Trinajstić information content (AvgIpc) is 2.25. The van der Waals surface area contributed by atoms with Crippen molar-refractivity contribution in [2.75, 3.05) is 5.75 Å². The average molecular weight is 270 g/mol. The lowest BCUT2D eigenvalue weighted by molar-refractivity contribution is -0.158. The first-order valence-corrected chi connectivity index (χ1v) is 6.90. The van der Waals surface area contributed by atoms with E-state index in [1.807, 2.05) is 6.92 Å². The van der Waals surface area contributed by atoms with E-state index in [0.717, 1.165) is 5.57 Å². The van der Waals surface area contributed by atoms with Gasteiger partial charge >= 0.3 is 5.97 Å². The van der Waals surface area contributed by atoms with Crippen molar-refractivity contribution in [3.8, 4) is 0 Å². The summed E-state index contributed by atoms with van der Waals surface area (Å²) in [6.45, 7) is 7.26. The van der Waals surface area contributed by atoms with Gasteiger partial charge in [-0.2, -0.15) is 0 Å². The van der Waals surface area contributed by atoms with Crippen LogP contribution in [0, 0.1) is 0 Å². The molecule has 5 nitrogen and oxygen atoms in total. The first-order valence-electron chi connectivity index (χ1n) is 5.86. The van der Waals surface area contributed by atoms with E-state index in [1.165, 1.54) is 4.90 Å². The molecule has 2 heterocycles. The van der Waals surface area contributed by atoms with Crippen molar-refractivity contribution in [2.24, 2.45) is 5.73 Å². The van der Waals surface area contributed by atoms with Crippen LogP contribution in [-0.2, 0) is 14.3 Å². The molecular formula is C12H18N2O3S. The van der Waals surface area contributed by atoms with Crippen LogP contribution in [0.2, 0.25) is 0 Å². The molecule has 2 rings (SSSR count). The molecular weight excluding hydrogens is 252 g/mol. The number of rotatable bonds is 1. The van der Waals surface area contributed by atoms with Gasteiger partial charge in [0.15, 0.2) is 0 Å². The van der Waals surface area contributed by atoms with Crippen LogP contribution in [0.4, 0.5) is 0 Å². The number of hydrogen-bond acceptors (Lipinski definition) is 5. The quantitative estimate of drug-likeness (QED) is 0.565. The molecule has 0 aromatic heterocycles. The van der Waals surface area contributed by atoms with E-state index in [1.54, 1.807) is 32.5 Å². The van der Waals surface area contributed by atoms with Gasteiger partial charge in [0, 0.05) is 5.75 Å². The van der Waals surface area contributed by atoms with Crippen molar-refractivity contribution in [2.45, 2.75) is 44.7 Å². The van der Waals surface area contributed by atoms with Gasteiger partial charge in [-0.1, -0.05) is 0 Å². The van der Waals surface area contributed by atoms with E-state index in [4.69, 9.17) is 10.5 Å². The van der Waals surface area contributed by atoms with Crippen molar-refractivity contribution < 1.29 is 14.3 Å². The molecule has 18 heavy (non-hydrogen) atoms. The first kappa shape index (κ1) is 13.4. The van der Waals surface area contributed by atoms with Crippen molar-refractivity contribution >= 4 is 23.6 Å². The minimum atomic E-state index is -0.569. The van der Waals surface area contributed by atoms with E-state index in [9.17, 15) is 9.59 Å². The van der Waals surface area contributed by atoms with Crippen LogP contribution in [-0.4, -0.2) is 39.5 Å². The van der Waals surface area contributed by atoms with E-state index >= 15 is 0 Å². The number of fused-ring (bicyclic) bond motifs is 1. The Labute approximate surface area is 111 Å². The highest BCUT2D eigenvalue weighted by Crippen LogP contribution is 2.39. The monoisotopic (exact) mass is 270 g/mol. The largest absolute Gasteiger partial charge is 0.455 e. The predicted octanol–water partition coefficient (Wildman–Crippen LogP) is 0.845. The summed E-state index contributed by atoms with van der Waals surface area (Å²) < 4.78 is 5.34. The highest BCUT2D eigenvalue weighted by atomic mass is 32.2. The van der Waals surface area contributed by atoms with Crippen molar-refractivity contribution in [3.05, 3.63) is 11.3 Å². The van der Waals surface area contributed by atoms with Crippen LogP contribution in [0.15, 0.2) is 11.3 Å². The molecule has 0 bridgehead atoms. The van der Waals surface area contributed by atoms with Crippen molar-refractivity contribution in [1.29, 1.82) is 0 Å². The van der Waals surface area contributed by atoms with Crippen LogP contribution >= 0.6 is 11.8 Å². The Balaban J connectivity index is 2.25. The highest BCUT2D eigenvalue weighted by Gasteiger charge is 2.51. The predicted molar refractivity (Wildman–Crippen MR) is 69.6 cm³/mol. The van der Waals surface area contributed by atoms with Crippen molar-refractivity contribution in [3.63, 3.8) is 0 Å². The Bertz CT molecular complexity index is 439. The fourth-order valence-electron chi connectivity index (χ4n) is 1.99. The maximum absolute atomic E-state index is 12.1. The minimum absolute atomic E-state index is 0.122. The number of carbonyl (C=O) groups excluding carboxylic acids is 2. The molecule has 0 unspecified atom stereocenters.